The molecule has 0 saturated carbocycles. The highest BCUT2D eigenvalue weighted by Gasteiger charge is 2.41. The molecule has 1 fully saturated rings. The van der Waals surface area contributed by atoms with Crippen molar-refractivity contribution in [2.45, 2.75) is 64.4 Å². The number of amides is 1. The lowest BCUT2D eigenvalue weighted by molar-refractivity contribution is 0.121. The highest BCUT2D eigenvalue weighted by Crippen LogP contribution is 2.38. The number of carbonyl (C=O) groups is 1. The van der Waals surface area contributed by atoms with Crippen molar-refractivity contribution >= 4 is 25.7 Å². The second-order valence-electron chi connectivity index (χ2n) is 10.2. The van der Waals surface area contributed by atoms with Crippen LogP contribution in [0.3, 0.4) is 0 Å². The minimum Gasteiger partial charge on any atom is -0.465 e. The third-order valence-corrected chi connectivity index (χ3v) is 12.2. The Bertz CT molecular complexity index is 943. The van der Waals surface area contributed by atoms with Crippen molar-refractivity contribution in [1.29, 1.82) is 0 Å². The fourth-order valence-electron chi connectivity index (χ4n) is 3.77. The van der Waals surface area contributed by atoms with E-state index in [1.165, 1.54) is 4.90 Å². The topological polar surface area (TPSA) is 78.8 Å². The second kappa shape index (κ2) is 9.58. The van der Waals surface area contributed by atoms with Gasteiger partial charge in [0.2, 0.25) is 0 Å². The highest BCUT2D eigenvalue weighted by molar-refractivity contribution is 7.14. The number of hydrogen-bond acceptors (Lipinski definition) is 6. The summed E-state index contributed by atoms with van der Waals surface area (Å²) >= 11 is 1.54. The standard InChI is InChI=1S/C23H36N4O3SSi/c1-16-24-25-21(31-16)18-10-8-9-17(13-18)20(26(5)22(28)29)15-27-12-11-19(14-27)30-32(6,7)23(2,3)4/h8-10,13,19-20H,11-12,14-15H2,1-7H3,(H,28,29)/t19?,20-/m1/s1. The molecule has 2 aromatic rings. The Morgan fingerprint density at radius 1 is 1.38 bits per heavy atom. The van der Waals surface area contributed by atoms with E-state index < -0.39 is 14.4 Å². The molecule has 0 aliphatic carbocycles. The predicted molar refractivity (Wildman–Crippen MR) is 132 cm³/mol. The normalized spacial score (nSPS) is 18.7. The summed E-state index contributed by atoms with van der Waals surface area (Å²) in [5, 5.41) is 20.0. The fraction of sp³-hybridized carbons (Fsp3) is 0.609. The van der Waals surface area contributed by atoms with E-state index in [0.717, 1.165) is 40.7 Å². The molecule has 1 aliphatic rings. The van der Waals surface area contributed by atoms with Gasteiger partial charge in [0.25, 0.3) is 0 Å². The molecule has 0 radical (unpaired) electrons. The number of benzene rings is 1. The van der Waals surface area contributed by atoms with Gasteiger partial charge in [0.1, 0.15) is 10.0 Å². The van der Waals surface area contributed by atoms with E-state index in [-0.39, 0.29) is 17.2 Å². The van der Waals surface area contributed by atoms with Crippen LogP contribution in [0.4, 0.5) is 4.79 Å². The van der Waals surface area contributed by atoms with Crippen LogP contribution < -0.4 is 0 Å². The minimum atomic E-state index is -1.83. The Kier molecular flexibility index (Phi) is 7.43. The average molecular weight is 477 g/mol. The quantitative estimate of drug-likeness (QED) is 0.549. The third kappa shape index (κ3) is 5.75. The summed E-state index contributed by atoms with van der Waals surface area (Å²) in [6.07, 6.45) is 0.267. The lowest BCUT2D eigenvalue weighted by Gasteiger charge is -2.38. The van der Waals surface area contributed by atoms with Gasteiger partial charge >= 0.3 is 6.09 Å². The van der Waals surface area contributed by atoms with Crippen molar-refractivity contribution in [3.05, 3.63) is 34.8 Å². The van der Waals surface area contributed by atoms with E-state index in [1.54, 1.807) is 18.4 Å². The Morgan fingerprint density at radius 3 is 2.69 bits per heavy atom. The van der Waals surface area contributed by atoms with Crippen molar-refractivity contribution < 1.29 is 14.3 Å². The highest BCUT2D eigenvalue weighted by atomic mass is 32.1. The van der Waals surface area contributed by atoms with Gasteiger partial charge in [-0.05, 0) is 43.1 Å². The summed E-state index contributed by atoms with van der Waals surface area (Å²) in [5.74, 6) is 0. The molecule has 1 unspecified atom stereocenters. The zero-order valence-electron chi connectivity index (χ0n) is 20.3. The van der Waals surface area contributed by atoms with E-state index in [0.29, 0.717) is 6.54 Å². The first-order chi connectivity index (χ1) is 14.9. The summed E-state index contributed by atoms with van der Waals surface area (Å²) in [7, 11) is -0.182. The maximum atomic E-state index is 11.9. The summed E-state index contributed by atoms with van der Waals surface area (Å²) < 4.78 is 6.62. The Morgan fingerprint density at radius 2 is 2.09 bits per heavy atom. The maximum absolute atomic E-state index is 11.9. The molecule has 176 valence electrons. The van der Waals surface area contributed by atoms with Gasteiger partial charge in [-0.3, -0.25) is 4.90 Å². The molecule has 3 rings (SSSR count). The molecule has 1 saturated heterocycles. The van der Waals surface area contributed by atoms with Crippen LogP contribution in [0, 0.1) is 6.92 Å². The van der Waals surface area contributed by atoms with Gasteiger partial charge in [0.15, 0.2) is 8.32 Å². The zero-order chi connectivity index (χ0) is 23.7. The number of rotatable bonds is 7. The molecule has 0 bridgehead atoms. The first-order valence-electron chi connectivity index (χ1n) is 11.1. The van der Waals surface area contributed by atoms with Crippen LogP contribution >= 0.6 is 11.3 Å². The van der Waals surface area contributed by atoms with Crippen LogP contribution in [0.2, 0.25) is 18.1 Å². The first-order valence-corrected chi connectivity index (χ1v) is 14.9. The first kappa shape index (κ1) is 24.8. The molecule has 1 N–H and O–H groups in total. The molecule has 7 nitrogen and oxygen atoms in total. The van der Waals surface area contributed by atoms with Gasteiger partial charge in [0.05, 0.1) is 12.1 Å². The van der Waals surface area contributed by atoms with E-state index in [4.69, 9.17) is 4.43 Å². The Balaban J connectivity index is 1.76. The number of likely N-dealkylation sites (tertiary alicyclic amines) is 1. The zero-order valence-corrected chi connectivity index (χ0v) is 22.1. The van der Waals surface area contributed by atoms with Crippen molar-refractivity contribution in [3.63, 3.8) is 0 Å². The summed E-state index contributed by atoms with van der Waals surface area (Å²) in [5.41, 5.74) is 1.94. The van der Waals surface area contributed by atoms with Crippen LogP contribution in [-0.2, 0) is 4.43 Å². The predicted octanol–water partition coefficient (Wildman–Crippen LogP) is 5.26. The number of aryl methyl sites for hydroxylation is 1. The Labute approximate surface area is 196 Å². The van der Waals surface area contributed by atoms with E-state index in [2.05, 4.69) is 49.0 Å². The number of carboxylic acid groups (broad SMARTS) is 1. The lowest BCUT2D eigenvalue weighted by Crippen LogP contribution is -2.45. The van der Waals surface area contributed by atoms with Gasteiger partial charge in [-0.2, -0.15) is 0 Å². The third-order valence-electron chi connectivity index (χ3n) is 6.74. The molecule has 1 aromatic heterocycles. The molecule has 9 heteroatoms. The minimum absolute atomic E-state index is 0.177. The van der Waals surface area contributed by atoms with Crippen molar-refractivity contribution in [2.24, 2.45) is 0 Å². The molecule has 1 amide bonds. The van der Waals surface area contributed by atoms with Gasteiger partial charge in [-0.25, -0.2) is 4.79 Å². The number of hydrogen-bond donors (Lipinski definition) is 1. The fourth-order valence-corrected chi connectivity index (χ4v) is 5.84. The monoisotopic (exact) mass is 476 g/mol. The molecule has 32 heavy (non-hydrogen) atoms. The van der Waals surface area contributed by atoms with Crippen molar-refractivity contribution in [2.75, 3.05) is 26.7 Å². The molecule has 2 heterocycles. The van der Waals surface area contributed by atoms with E-state index in [9.17, 15) is 9.90 Å². The number of aromatic nitrogens is 2. The number of nitrogens with zero attached hydrogens (tertiary/aromatic N) is 4. The van der Waals surface area contributed by atoms with Gasteiger partial charge in [-0.15, -0.1) is 10.2 Å². The van der Waals surface area contributed by atoms with Gasteiger partial charge < -0.3 is 14.4 Å². The van der Waals surface area contributed by atoms with Crippen LogP contribution in [0.5, 0.6) is 0 Å². The average Bonchev–Trinajstić information content (AvgIpc) is 3.33. The largest absolute Gasteiger partial charge is 0.465 e. The van der Waals surface area contributed by atoms with Gasteiger partial charge in [-0.1, -0.05) is 50.3 Å². The van der Waals surface area contributed by atoms with Crippen LogP contribution in [-0.4, -0.2) is 72.3 Å². The van der Waals surface area contributed by atoms with E-state index in [1.807, 2.05) is 31.2 Å². The Hall–Kier alpha value is -1.81. The van der Waals surface area contributed by atoms with E-state index >= 15 is 0 Å². The van der Waals surface area contributed by atoms with Crippen LogP contribution in [0.15, 0.2) is 24.3 Å². The summed E-state index contributed by atoms with van der Waals surface area (Å²) in [4.78, 5) is 15.6. The molecule has 0 spiro atoms. The van der Waals surface area contributed by atoms with Gasteiger partial charge in [0, 0.05) is 32.2 Å². The summed E-state index contributed by atoms with van der Waals surface area (Å²) in [6, 6.07) is 7.75. The maximum Gasteiger partial charge on any atom is 0.407 e. The van der Waals surface area contributed by atoms with Crippen molar-refractivity contribution in [1.82, 2.24) is 20.0 Å². The van der Waals surface area contributed by atoms with Crippen LogP contribution in [0.25, 0.3) is 10.6 Å². The second-order valence-corrected chi connectivity index (χ2v) is 16.1. The lowest BCUT2D eigenvalue weighted by atomic mass is 10.0. The summed E-state index contributed by atoms with van der Waals surface area (Å²) in [6.45, 7) is 15.7. The molecule has 1 aliphatic heterocycles. The molecular weight excluding hydrogens is 440 g/mol. The smallest absolute Gasteiger partial charge is 0.407 e. The van der Waals surface area contributed by atoms with Crippen LogP contribution in [0.1, 0.15) is 43.8 Å². The van der Waals surface area contributed by atoms with Crippen molar-refractivity contribution in [3.8, 4) is 10.6 Å². The number of likely N-dealkylation sites (N-methyl/N-ethyl adjacent to an activating group) is 1. The molecular formula is C23H36N4O3SSi. The molecule has 2 atom stereocenters. The molecule has 1 aromatic carbocycles. The SMILES string of the molecule is Cc1nnc(-c2cccc([C@@H](CN3CCC(O[Si](C)(C)C(C)(C)C)C3)N(C)C(=O)O)c2)s1.